The fourth-order valence-electron chi connectivity index (χ4n) is 5.07. The number of fused-ring (bicyclic) bond motifs is 1. The zero-order valence-corrected chi connectivity index (χ0v) is 17.8. The Morgan fingerprint density at radius 3 is 2.80 bits per heavy atom. The van der Waals surface area contributed by atoms with Crippen LogP contribution in [0, 0.1) is 5.92 Å². The summed E-state index contributed by atoms with van der Waals surface area (Å²) < 4.78 is 6.90. The highest BCUT2D eigenvalue weighted by Crippen LogP contribution is 2.32. The van der Waals surface area contributed by atoms with Gasteiger partial charge >= 0.3 is 0 Å². The molecule has 3 atom stereocenters. The summed E-state index contributed by atoms with van der Waals surface area (Å²) in [4.78, 5) is 18.4. The van der Waals surface area contributed by atoms with Gasteiger partial charge in [-0.05, 0) is 60.7 Å². The number of carbonyl (C=O) groups excluding carboxylic acids is 1. The molecule has 0 spiro atoms. The molecule has 0 radical (unpaired) electrons. The smallest absolute Gasteiger partial charge is 0.252 e. The molecule has 2 aromatic rings. The first-order valence-corrected chi connectivity index (χ1v) is 11.1. The molecular formula is C22H32N6O2. The number of methoxy groups -OCH3 is 1. The number of aromatic nitrogens is 4. The number of carbonyl (C=O) groups is 1. The first-order valence-electron chi connectivity index (χ1n) is 11.1. The van der Waals surface area contributed by atoms with Gasteiger partial charge in [-0.15, -0.1) is 5.10 Å². The maximum Gasteiger partial charge on any atom is 0.252 e. The molecule has 4 rings (SSSR count). The molecule has 2 aliphatic rings. The summed E-state index contributed by atoms with van der Waals surface area (Å²) in [5, 5.41) is 11.6. The van der Waals surface area contributed by atoms with Crippen LogP contribution in [0.4, 0.5) is 0 Å². The molecule has 0 N–H and O–H groups in total. The number of hydrogen-bond donors (Lipinski definition) is 0. The van der Waals surface area contributed by atoms with Gasteiger partial charge in [0, 0.05) is 26.2 Å². The van der Waals surface area contributed by atoms with Crippen LogP contribution in [0.5, 0.6) is 0 Å². The van der Waals surface area contributed by atoms with Crippen molar-refractivity contribution >= 4 is 5.91 Å². The Hall–Kier alpha value is -2.32. The lowest BCUT2D eigenvalue weighted by Crippen LogP contribution is -2.52. The zero-order valence-electron chi connectivity index (χ0n) is 17.8. The van der Waals surface area contributed by atoms with Crippen molar-refractivity contribution < 1.29 is 9.53 Å². The summed E-state index contributed by atoms with van der Waals surface area (Å²) in [7, 11) is 1.68. The lowest BCUT2D eigenvalue weighted by Gasteiger charge is -2.46. The minimum atomic E-state index is -0.566. The summed E-state index contributed by atoms with van der Waals surface area (Å²) in [5.74, 6) is 0.531. The molecule has 8 nitrogen and oxygen atoms in total. The van der Waals surface area contributed by atoms with Crippen LogP contribution in [0.15, 0.2) is 36.7 Å². The van der Waals surface area contributed by atoms with Crippen molar-refractivity contribution in [3.63, 3.8) is 0 Å². The molecule has 0 saturated carbocycles. The third-order valence-electron chi connectivity index (χ3n) is 6.54. The van der Waals surface area contributed by atoms with Crippen LogP contribution in [0.1, 0.15) is 43.7 Å². The molecule has 0 unspecified atom stereocenters. The summed E-state index contributed by atoms with van der Waals surface area (Å²) in [6.07, 6.45) is 7.74. The number of hydrogen-bond acceptors (Lipinski definition) is 6. The minimum absolute atomic E-state index is 0.0264. The van der Waals surface area contributed by atoms with Gasteiger partial charge in [-0.1, -0.05) is 36.8 Å². The fraction of sp³-hybridized carbons (Fsp3) is 0.636. The van der Waals surface area contributed by atoms with Crippen molar-refractivity contribution in [3.05, 3.63) is 42.2 Å². The maximum absolute atomic E-state index is 13.8. The fourth-order valence-corrected chi connectivity index (χ4v) is 5.07. The van der Waals surface area contributed by atoms with Crippen LogP contribution in [0.2, 0.25) is 0 Å². The second kappa shape index (κ2) is 10.1. The van der Waals surface area contributed by atoms with Crippen LogP contribution >= 0.6 is 0 Å². The predicted molar refractivity (Wildman–Crippen MR) is 113 cm³/mol. The van der Waals surface area contributed by atoms with E-state index in [0.29, 0.717) is 25.1 Å². The Morgan fingerprint density at radius 2 is 2.03 bits per heavy atom. The predicted octanol–water partition coefficient (Wildman–Crippen LogP) is 2.00. The van der Waals surface area contributed by atoms with Crippen molar-refractivity contribution in [2.75, 3.05) is 39.9 Å². The Balaban J connectivity index is 1.57. The highest BCUT2D eigenvalue weighted by atomic mass is 16.5. The molecule has 30 heavy (non-hydrogen) atoms. The van der Waals surface area contributed by atoms with Gasteiger partial charge in [0.25, 0.3) is 5.91 Å². The van der Waals surface area contributed by atoms with E-state index in [-0.39, 0.29) is 5.91 Å². The van der Waals surface area contributed by atoms with Gasteiger partial charge in [0.15, 0.2) is 6.04 Å². The monoisotopic (exact) mass is 412 g/mol. The molecule has 0 aliphatic carbocycles. The molecule has 2 fully saturated rings. The molecule has 8 heteroatoms. The third-order valence-corrected chi connectivity index (χ3v) is 6.54. The van der Waals surface area contributed by atoms with E-state index in [4.69, 9.17) is 4.74 Å². The molecule has 2 aliphatic heterocycles. The van der Waals surface area contributed by atoms with Crippen molar-refractivity contribution in [1.82, 2.24) is 30.0 Å². The van der Waals surface area contributed by atoms with Crippen LogP contribution in [-0.2, 0) is 9.53 Å². The summed E-state index contributed by atoms with van der Waals surface area (Å²) >= 11 is 0. The van der Waals surface area contributed by atoms with Gasteiger partial charge in [0.05, 0.1) is 6.61 Å². The van der Waals surface area contributed by atoms with Crippen molar-refractivity contribution in [1.29, 1.82) is 0 Å². The Kier molecular flexibility index (Phi) is 7.07. The van der Waals surface area contributed by atoms with E-state index in [0.717, 1.165) is 12.1 Å². The van der Waals surface area contributed by atoms with Crippen LogP contribution in [-0.4, -0.2) is 81.9 Å². The Labute approximate surface area is 178 Å². The van der Waals surface area contributed by atoms with E-state index < -0.39 is 6.04 Å². The third kappa shape index (κ3) is 4.70. The number of piperidine rings is 2. The normalized spacial score (nSPS) is 23.0. The summed E-state index contributed by atoms with van der Waals surface area (Å²) in [6, 6.07) is 9.79. The molecule has 3 heterocycles. The van der Waals surface area contributed by atoms with E-state index in [1.807, 2.05) is 35.2 Å². The largest absolute Gasteiger partial charge is 0.383 e. The maximum atomic E-state index is 13.8. The highest BCUT2D eigenvalue weighted by Gasteiger charge is 2.36. The van der Waals surface area contributed by atoms with Gasteiger partial charge in [0.2, 0.25) is 0 Å². The average molecular weight is 413 g/mol. The minimum Gasteiger partial charge on any atom is -0.383 e. The van der Waals surface area contributed by atoms with Gasteiger partial charge in [-0.3, -0.25) is 4.79 Å². The van der Waals surface area contributed by atoms with Crippen LogP contribution < -0.4 is 0 Å². The van der Waals surface area contributed by atoms with Gasteiger partial charge in [-0.25, -0.2) is 4.68 Å². The molecule has 1 aromatic heterocycles. The molecule has 1 amide bonds. The number of benzene rings is 1. The highest BCUT2D eigenvalue weighted by molar-refractivity contribution is 5.83. The molecular weight excluding hydrogens is 380 g/mol. The van der Waals surface area contributed by atoms with Gasteiger partial charge in [0.1, 0.15) is 6.33 Å². The van der Waals surface area contributed by atoms with Crippen molar-refractivity contribution in [2.45, 2.75) is 44.2 Å². The first-order chi connectivity index (χ1) is 14.8. The van der Waals surface area contributed by atoms with E-state index in [2.05, 4.69) is 20.4 Å². The average Bonchev–Trinajstić information content (AvgIpc) is 3.32. The number of rotatable bonds is 8. The standard InChI is InChI=1S/C22H32N6O2/c1-30-15-14-27(16-19-10-7-13-26-12-6-5-11-20(19)26)22(29)21(28-17-23-24-25-28)18-8-3-2-4-9-18/h2-4,8-9,17,19-21H,5-7,10-16H2,1H3/t19-,20+,21-/m0/s1. The molecule has 0 bridgehead atoms. The second-order valence-electron chi connectivity index (χ2n) is 8.38. The molecule has 2 saturated heterocycles. The number of ether oxygens (including phenoxy) is 1. The lowest BCUT2D eigenvalue weighted by molar-refractivity contribution is -0.136. The molecule has 1 aromatic carbocycles. The topological polar surface area (TPSA) is 76.4 Å². The van der Waals surface area contributed by atoms with Gasteiger partial charge < -0.3 is 14.5 Å². The number of amides is 1. The number of nitrogens with zero attached hydrogens (tertiary/aromatic N) is 6. The molecule has 162 valence electrons. The van der Waals surface area contributed by atoms with Gasteiger partial charge in [-0.2, -0.15) is 0 Å². The van der Waals surface area contributed by atoms with Crippen molar-refractivity contribution in [2.24, 2.45) is 5.92 Å². The van der Waals surface area contributed by atoms with E-state index >= 15 is 0 Å². The number of tetrazole rings is 1. The van der Waals surface area contributed by atoms with Crippen LogP contribution in [0.3, 0.4) is 0 Å². The van der Waals surface area contributed by atoms with Crippen molar-refractivity contribution in [3.8, 4) is 0 Å². The van der Waals surface area contributed by atoms with E-state index in [1.165, 1.54) is 51.5 Å². The SMILES string of the molecule is COCCN(C[C@@H]1CCCN2CCCC[C@H]12)C(=O)[C@H](c1ccccc1)n1cnnn1. The Bertz CT molecular complexity index is 782. The lowest BCUT2D eigenvalue weighted by atomic mass is 9.83. The summed E-state index contributed by atoms with van der Waals surface area (Å²) in [6.45, 7) is 4.25. The second-order valence-corrected chi connectivity index (χ2v) is 8.38. The van der Waals surface area contributed by atoms with E-state index in [9.17, 15) is 4.79 Å². The Morgan fingerprint density at radius 1 is 1.20 bits per heavy atom. The van der Waals surface area contributed by atoms with Crippen LogP contribution in [0.25, 0.3) is 0 Å². The summed E-state index contributed by atoms with van der Waals surface area (Å²) in [5.41, 5.74) is 0.889. The quantitative estimate of drug-likeness (QED) is 0.660. The van der Waals surface area contributed by atoms with E-state index in [1.54, 1.807) is 11.8 Å². The zero-order chi connectivity index (χ0) is 20.8. The first kappa shape index (κ1) is 20.9.